The molecule has 0 fully saturated rings. The molecule has 8 heteroatoms. The molecule has 0 aliphatic carbocycles. The number of hydrogen-bond acceptors (Lipinski definition) is 8. The average Bonchev–Trinajstić information content (AvgIpc) is 3.05. The molecule has 0 amide bonds. The van der Waals surface area contributed by atoms with Crippen molar-refractivity contribution < 1.29 is 19.1 Å². The summed E-state index contributed by atoms with van der Waals surface area (Å²) in [6, 6.07) is 4.14. The van der Waals surface area contributed by atoms with Gasteiger partial charge >= 0.3 is 11.9 Å². The zero-order chi connectivity index (χ0) is 20.1. The lowest BCUT2D eigenvalue weighted by molar-refractivity contribution is -0.157. The molecule has 0 spiro atoms. The summed E-state index contributed by atoms with van der Waals surface area (Å²) < 4.78 is 10.0. The Hall–Kier alpha value is -2.35. The van der Waals surface area contributed by atoms with Gasteiger partial charge in [-0.15, -0.1) is 0 Å². The molecule has 0 unspecified atom stereocenters. The number of thioether (sulfide) groups is 1. The first-order chi connectivity index (χ1) is 13.6. The summed E-state index contributed by atoms with van der Waals surface area (Å²) >= 11 is 1.68. The first kappa shape index (κ1) is 20.4. The van der Waals surface area contributed by atoms with Crippen molar-refractivity contribution in [3.63, 3.8) is 0 Å². The van der Waals surface area contributed by atoms with Gasteiger partial charge in [-0.05, 0) is 56.1 Å². The SMILES string of the molecule is CCOC(=O)C(C=Nc1cc2c(cc1CC)SC1=NCCCN12)C(=O)OCC. The molecule has 0 aromatic heterocycles. The van der Waals surface area contributed by atoms with E-state index in [4.69, 9.17) is 9.47 Å². The summed E-state index contributed by atoms with van der Waals surface area (Å²) in [5.41, 5.74) is 2.87. The average molecular weight is 404 g/mol. The Bertz CT molecular complexity index is 804. The molecule has 0 saturated carbocycles. The molecule has 28 heavy (non-hydrogen) atoms. The Morgan fingerprint density at radius 1 is 1.25 bits per heavy atom. The van der Waals surface area contributed by atoms with Crippen molar-refractivity contribution in [3.8, 4) is 0 Å². The van der Waals surface area contributed by atoms with Gasteiger partial charge in [0.05, 0.1) is 24.6 Å². The number of esters is 2. The van der Waals surface area contributed by atoms with Crippen molar-refractivity contribution >= 4 is 46.5 Å². The van der Waals surface area contributed by atoms with Crippen LogP contribution in [0, 0.1) is 5.92 Å². The van der Waals surface area contributed by atoms with Gasteiger partial charge in [-0.25, -0.2) is 0 Å². The van der Waals surface area contributed by atoms with Crippen LogP contribution in [-0.2, 0) is 25.5 Å². The Morgan fingerprint density at radius 3 is 2.61 bits per heavy atom. The Kier molecular flexibility index (Phi) is 6.72. The van der Waals surface area contributed by atoms with Crippen molar-refractivity contribution in [1.29, 1.82) is 0 Å². The van der Waals surface area contributed by atoms with Gasteiger partial charge in [-0.3, -0.25) is 19.6 Å². The van der Waals surface area contributed by atoms with Crippen LogP contribution in [0.4, 0.5) is 11.4 Å². The predicted octanol–water partition coefficient (Wildman–Crippen LogP) is 3.37. The quantitative estimate of drug-likeness (QED) is 0.394. The first-order valence-corrected chi connectivity index (χ1v) is 10.4. The highest BCUT2D eigenvalue weighted by Gasteiger charge is 2.30. The van der Waals surface area contributed by atoms with E-state index in [1.54, 1.807) is 25.6 Å². The van der Waals surface area contributed by atoms with Gasteiger partial charge in [0.2, 0.25) is 0 Å². The predicted molar refractivity (Wildman–Crippen MR) is 111 cm³/mol. The number of carbonyl (C=O) groups is 2. The van der Waals surface area contributed by atoms with Gasteiger partial charge in [0.1, 0.15) is 0 Å². The molecule has 150 valence electrons. The second-order valence-electron chi connectivity index (χ2n) is 6.33. The van der Waals surface area contributed by atoms with E-state index >= 15 is 0 Å². The smallest absolute Gasteiger partial charge is 0.325 e. The van der Waals surface area contributed by atoms with Crippen molar-refractivity contribution in [2.24, 2.45) is 15.9 Å². The molecule has 1 aromatic carbocycles. The fourth-order valence-electron chi connectivity index (χ4n) is 3.13. The molecule has 0 N–H and O–H groups in total. The fraction of sp³-hybridized carbons (Fsp3) is 0.500. The summed E-state index contributed by atoms with van der Waals surface area (Å²) in [6.45, 7) is 7.62. The molecule has 2 heterocycles. The number of nitrogens with zero attached hydrogens (tertiary/aromatic N) is 3. The summed E-state index contributed by atoms with van der Waals surface area (Å²) in [6.07, 6.45) is 3.14. The number of hydrogen-bond donors (Lipinski definition) is 0. The van der Waals surface area contributed by atoms with Gasteiger partial charge in [-0.1, -0.05) is 6.92 Å². The summed E-state index contributed by atoms with van der Waals surface area (Å²) in [4.78, 5) is 36.8. The van der Waals surface area contributed by atoms with E-state index < -0.39 is 17.9 Å². The van der Waals surface area contributed by atoms with Crippen LogP contribution in [-0.4, -0.2) is 49.6 Å². The molecule has 7 nitrogen and oxygen atoms in total. The molecule has 3 rings (SSSR count). The van der Waals surface area contributed by atoms with Crippen molar-refractivity contribution in [2.45, 2.75) is 38.5 Å². The second kappa shape index (κ2) is 9.23. The van der Waals surface area contributed by atoms with Crippen LogP contribution in [0.2, 0.25) is 0 Å². The van der Waals surface area contributed by atoms with Crippen LogP contribution in [0.3, 0.4) is 0 Å². The zero-order valence-electron chi connectivity index (χ0n) is 16.4. The van der Waals surface area contributed by atoms with E-state index in [9.17, 15) is 9.59 Å². The third-order valence-electron chi connectivity index (χ3n) is 4.49. The molecule has 0 saturated heterocycles. The minimum atomic E-state index is -1.17. The van der Waals surface area contributed by atoms with E-state index in [1.165, 1.54) is 11.1 Å². The summed E-state index contributed by atoms with van der Waals surface area (Å²) in [7, 11) is 0. The fourth-order valence-corrected chi connectivity index (χ4v) is 4.25. The lowest BCUT2D eigenvalue weighted by Gasteiger charge is -2.22. The van der Waals surface area contributed by atoms with Crippen molar-refractivity contribution in [2.75, 3.05) is 31.2 Å². The van der Waals surface area contributed by atoms with Crippen LogP contribution in [0.25, 0.3) is 0 Å². The molecule has 0 bridgehead atoms. The molecule has 1 aromatic rings. The lowest BCUT2D eigenvalue weighted by atomic mass is 10.1. The van der Waals surface area contributed by atoms with E-state index in [-0.39, 0.29) is 13.2 Å². The highest BCUT2D eigenvalue weighted by atomic mass is 32.2. The number of aliphatic imine (C=N–C) groups is 2. The third kappa shape index (κ3) is 4.22. The van der Waals surface area contributed by atoms with Gasteiger partial charge in [-0.2, -0.15) is 0 Å². The van der Waals surface area contributed by atoms with Gasteiger partial charge in [0.15, 0.2) is 11.1 Å². The zero-order valence-corrected chi connectivity index (χ0v) is 17.3. The van der Waals surface area contributed by atoms with E-state index in [2.05, 4.69) is 27.9 Å². The molecule has 0 atom stereocenters. The highest BCUT2D eigenvalue weighted by Crippen LogP contribution is 2.44. The third-order valence-corrected chi connectivity index (χ3v) is 5.57. The molecular weight excluding hydrogens is 378 g/mol. The summed E-state index contributed by atoms with van der Waals surface area (Å²) in [5, 5.41) is 1.03. The Balaban J connectivity index is 1.91. The maximum absolute atomic E-state index is 12.2. The Labute approximate surface area is 169 Å². The molecular formula is C20H25N3O4S. The number of anilines is 1. The number of rotatable bonds is 7. The van der Waals surface area contributed by atoms with Crippen LogP contribution < -0.4 is 4.90 Å². The van der Waals surface area contributed by atoms with Gasteiger partial charge < -0.3 is 14.4 Å². The van der Waals surface area contributed by atoms with Crippen LogP contribution in [0.15, 0.2) is 27.0 Å². The minimum absolute atomic E-state index is 0.190. The highest BCUT2D eigenvalue weighted by molar-refractivity contribution is 8.14. The van der Waals surface area contributed by atoms with Gasteiger partial charge in [0.25, 0.3) is 0 Å². The van der Waals surface area contributed by atoms with Crippen LogP contribution in [0.5, 0.6) is 0 Å². The number of benzene rings is 1. The monoisotopic (exact) mass is 403 g/mol. The second-order valence-corrected chi connectivity index (χ2v) is 7.34. The number of ether oxygens (including phenoxy) is 2. The first-order valence-electron chi connectivity index (χ1n) is 9.63. The number of aryl methyl sites for hydroxylation is 1. The lowest BCUT2D eigenvalue weighted by Crippen LogP contribution is -2.30. The topological polar surface area (TPSA) is 80.6 Å². The molecule has 0 radical (unpaired) electrons. The number of amidine groups is 1. The minimum Gasteiger partial charge on any atom is -0.465 e. The largest absolute Gasteiger partial charge is 0.465 e. The van der Waals surface area contributed by atoms with Crippen molar-refractivity contribution in [1.82, 2.24) is 0 Å². The molecule has 2 aliphatic heterocycles. The standard InChI is InChI=1S/C20H25N3O4S/c1-4-13-10-17-16(23-9-7-8-21-20(23)28-17)11-15(13)22-12-14(18(24)26-5-2)19(25)27-6-3/h10-12,14H,4-9H2,1-3H3. The van der Waals surface area contributed by atoms with Crippen LogP contribution >= 0.6 is 11.8 Å². The van der Waals surface area contributed by atoms with E-state index in [0.29, 0.717) is 0 Å². The van der Waals surface area contributed by atoms with Gasteiger partial charge in [0, 0.05) is 24.2 Å². The molecule has 2 aliphatic rings. The van der Waals surface area contributed by atoms with Crippen molar-refractivity contribution in [3.05, 3.63) is 17.7 Å². The number of fused-ring (bicyclic) bond motifs is 3. The Morgan fingerprint density at radius 2 is 1.96 bits per heavy atom. The maximum atomic E-state index is 12.2. The summed E-state index contributed by atoms with van der Waals surface area (Å²) in [5.74, 6) is -2.46. The number of carbonyl (C=O) groups excluding carboxylic acids is 2. The normalized spacial score (nSPS) is 15.4. The maximum Gasteiger partial charge on any atom is 0.325 e. The van der Waals surface area contributed by atoms with Crippen LogP contribution in [0.1, 0.15) is 32.8 Å². The van der Waals surface area contributed by atoms with E-state index in [1.807, 2.05) is 6.07 Å². The van der Waals surface area contributed by atoms with E-state index in [0.717, 1.165) is 48.0 Å².